The highest BCUT2D eigenvalue weighted by Gasteiger charge is 2.32. The van der Waals surface area contributed by atoms with Gasteiger partial charge in [-0.15, -0.1) is 0 Å². The van der Waals surface area contributed by atoms with Crippen LogP contribution in [0.15, 0.2) is 64.8 Å². The van der Waals surface area contributed by atoms with E-state index in [0.717, 1.165) is 5.56 Å². The number of amides is 3. The molecule has 156 valence electrons. The largest absolute Gasteiger partial charge is 0.497 e. The Labute approximate surface area is 179 Å². The number of rotatable bonds is 6. The molecule has 2 aromatic carbocycles. The summed E-state index contributed by atoms with van der Waals surface area (Å²) in [6.45, 7) is 1.65. The van der Waals surface area contributed by atoms with Crippen molar-refractivity contribution in [3.63, 3.8) is 0 Å². The van der Waals surface area contributed by atoms with Gasteiger partial charge in [0.15, 0.2) is 0 Å². The van der Waals surface area contributed by atoms with Gasteiger partial charge in [-0.1, -0.05) is 41.9 Å². The second kappa shape index (κ2) is 9.37. The first-order valence-electron chi connectivity index (χ1n) is 9.16. The maximum atomic E-state index is 13.2. The summed E-state index contributed by atoms with van der Waals surface area (Å²) in [4.78, 5) is 25.2. The van der Waals surface area contributed by atoms with Crippen molar-refractivity contribution in [1.29, 1.82) is 0 Å². The molecule has 1 unspecified atom stereocenters. The first-order chi connectivity index (χ1) is 14.4. The SMILES string of the molecule is COc1ccc(OC)c(NC(=O)C2=C(C)NC(=O)NC2C(Cl)=Cc2ccccc2)c1. The van der Waals surface area contributed by atoms with Gasteiger partial charge in [0.05, 0.1) is 31.5 Å². The molecule has 3 amide bonds. The minimum Gasteiger partial charge on any atom is -0.497 e. The number of allylic oxidation sites excluding steroid dienone is 1. The topological polar surface area (TPSA) is 88.7 Å². The van der Waals surface area contributed by atoms with Crippen LogP contribution in [0.5, 0.6) is 11.5 Å². The van der Waals surface area contributed by atoms with Crippen molar-refractivity contribution in [2.45, 2.75) is 13.0 Å². The van der Waals surface area contributed by atoms with Gasteiger partial charge in [0.25, 0.3) is 5.91 Å². The third-order valence-corrected chi connectivity index (χ3v) is 4.88. The second-order valence-electron chi connectivity index (χ2n) is 6.53. The van der Waals surface area contributed by atoms with Gasteiger partial charge in [0, 0.05) is 16.8 Å². The molecule has 1 atom stereocenters. The van der Waals surface area contributed by atoms with Gasteiger partial charge in [0.1, 0.15) is 11.5 Å². The molecule has 1 heterocycles. The number of urea groups is 1. The minimum atomic E-state index is -0.808. The predicted octanol–water partition coefficient (Wildman–Crippen LogP) is 3.88. The molecule has 0 fully saturated rings. The highest BCUT2D eigenvalue weighted by atomic mass is 35.5. The van der Waals surface area contributed by atoms with E-state index in [1.54, 1.807) is 31.2 Å². The number of halogens is 1. The Bertz CT molecular complexity index is 1020. The Morgan fingerprint density at radius 3 is 2.53 bits per heavy atom. The zero-order chi connectivity index (χ0) is 21.7. The number of carbonyl (C=O) groups excluding carboxylic acids is 2. The van der Waals surface area contributed by atoms with E-state index in [0.29, 0.717) is 27.9 Å². The molecule has 0 radical (unpaired) electrons. The van der Waals surface area contributed by atoms with Gasteiger partial charge in [-0.25, -0.2) is 4.79 Å². The van der Waals surface area contributed by atoms with Crippen molar-refractivity contribution in [2.24, 2.45) is 0 Å². The highest BCUT2D eigenvalue weighted by Crippen LogP contribution is 2.31. The fourth-order valence-corrected chi connectivity index (χ4v) is 3.38. The zero-order valence-corrected chi connectivity index (χ0v) is 17.5. The molecule has 0 spiro atoms. The molecule has 30 heavy (non-hydrogen) atoms. The number of methoxy groups -OCH3 is 2. The summed E-state index contributed by atoms with van der Waals surface area (Å²) in [5, 5.41) is 8.46. The predicted molar refractivity (Wildman–Crippen MR) is 117 cm³/mol. The number of ether oxygens (including phenoxy) is 2. The van der Waals surface area contributed by atoms with E-state index in [9.17, 15) is 9.59 Å². The average molecular weight is 428 g/mol. The standard InChI is InChI=1S/C22H22ClN3O4/c1-13-19(21(27)25-17-12-15(29-2)9-10-18(17)30-3)20(26-22(28)24-13)16(23)11-14-7-5-4-6-8-14/h4-12,20H,1-3H3,(H,25,27)(H2,24,26,28). The summed E-state index contributed by atoms with van der Waals surface area (Å²) in [6.07, 6.45) is 1.71. The summed E-state index contributed by atoms with van der Waals surface area (Å²) in [5.41, 5.74) is 1.97. The quantitative estimate of drug-likeness (QED) is 0.652. The normalized spacial score (nSPS) is 16.5. The third-order valence-electron chi connectivity index (χ3n) is 4.55. The Morgan fingerprint density at radius 1 is 1.13 bits per heavy atom. The van der Waals surface area contributed by atoms with Crippen LogP contribution in [-0.2, 0) is 4.79 Å². The lowest BCUT2D eigenvalue weighted by Crippen LogP contribution is -2.50. The monoisotopic (exact) mass is 427 g/mol. The van der Waals surface area contributed by atoms with Crippen LogP contribution in [0.1, 0.15) is 12.5 Å². The molecular formula is C22H22ClN3O4. The first-order valence-corrected chi connectivity index (χ1v) is 9.54. The Morgan fingerprint density at radius 2 is 1.87 bits per heavy atom. The second-order valence-corrected chi connectivity index (χ2v) is 6.97. The lowest BCUT2D eigenvalue weighted by molar-refractivity contribution is -0.113. The average Bonchev–Trinajstić information content (AvgIpc) is 2.73. The van der Waals surface area contributed by atoms with Crippen LogP contribution in [0.3, 0.4) is 0 Å². The number of benzene rings is 2. The van der Waals surface area contributed by atoms with Gasteiger partial charge in [0.2, 0.25) is 0 Å². The van der Waals surface area contributed by atoms with E-state index < -0.39 is 18.0 Å². The van der Waals surface area contributed by atoms with Gasteiger partial charge in [-0.2, -0.15) is 0 Å². The van der Waals surface area contributed by atoms with Gasteiger partial charge >= 0.3 is 6.03 Å². The van der Waals surface area contributed by atoms with Crippen molar-refractivity contribution in [3.8, 4) is 11.5 Å². The van der Waals surface area contributed by atoms with Gasteiger partial charge in [-0.3, -0.25) is 4.79 Å². The molecule has 0 bridgehead atoms. The van der Waals surface area contributed by atoms with Crippen LogP contribution in [0.4, 0.5) is 10.5 Å². The van der Waals surface area contributed by atoms with Crippen LogP contribution in [0.25, 0.3) is 6.08 Å². The number of anilines is 1. The smallest absolute Gasteiger partial charge is 0.319 e. The summed E-state index contributed by atoms with van der Waals surface area (Å²) in [5.74, 6) is 0.597. The van der Waals surface area contributed by atoms with Crippen LogP contribution < -0.4 is 25.4 Å². The highest BCUT2D eigenvalue weighted by molar-refractivity contribution is 6.33. The Balaban J connectivity index is 1.95. The van der Waals surface area contributed by atoms with Crippen molar-refractivity contribution in [2.75, 3.05) is 19.5 Å². The first kappa shape index (κ1) is 21.3. The molecule has 0 saturated heterocycles. The summed E-state index contributed by atoms with van der Waals surface area (Å²) in [7, 11) is 3.04. The van der Waals surface area contributed by atoms with E-state index in [-0.39, 0.29) is 5.57 Å². The molecule has 0 aliphatic carbocycles. The third kappa shape index (κ3) is 4.75. The van der Waals surface area contributed by atoms with E-state index in [4.69, 9.17) is 21.1 Å². The van der Waals surface area contributed by atoms with Crippen LogP contribution >= 0.6 is 11.6 Å². The molecule has 2 aromatic rings. The van der Waals surface area contributed by atoms with Gasteiger partial charge < -0.3 is 25.4 Å². The molecule has 0 saturated carbocycles. The van der Waals surface area contributed by atoms with Crippen molar-refractivity contribution in [1.82, 2.24) is 10.6 Å². The minimum absolute atomic E-state index is 0.289. The van der Waals surface area contributed by atoms with Gasteiger partial charge in [-0.05, 0) is 30.7 Å². The zero-order valence-electron chi connectivity index (χ0n) is 16.8. The molecule has 1 aliphatic heterocycles. The van der Waals surface area contributed by atoms with E-state index in [1.165, 1.54) is 14.2 Å². The molecule has 0 aromatic heterocycles. The van der Waals surface area contributed by atoms with E-state index >= 15 is 0 Å². The maximum Gasteiger partial charge on any atom is 0.319 e. The summed E-state index contributed by atoms with van der Waals surface area (Å²) in [6, 6.07) is 13.2. The van der Waals surface area contributed by atoms with E-state index in [1.807, 2.05) is 30.3 Å². The number of carbonyl (C=O) groups is 2. The van der Waals surface area contributed by atoms with Crippen molar-refractivity contribution >= 4 is 35.3 Å². The lowest BCUT2D eigenvalue weighted by atomic mass is 10.00. The van der Waals surface area contributed by atoms with Crippen molar-refractivity contribution < 1.29 is 19.1 Å². The lowest BCUT2D eigenvalue weighted by Gasteiger charge is -2.28. The van der Waals surface area contributed by atoms with Crippen LogP contribution in [-0.4, -0.2) is 32.2 Å². The Hall–Kier alpha value is -3.45. The van der Waals surface area contributed by atoms with E-state index in [2.05, 4.69) is 16.0 Å². The number of nitrogens with one attached hydrogen (secondary N) is 3. The molecule has 3 rings (SSSR count). The van der Waals surface area contributed by atoms with Crippen molar-refractivity contribution in [3.05, 3.63) is 70.4 Å². The fraction of sp³-hybridized carbons (Fsp3) is 0.182. The molecule has 7 nitrogen and oxygen atoms in total. The fourth-order valence-electron chi connectivity index (χ4n) is 3.09. The maximum absolute atomic E-state index is 13.2. The number of hydrogen-bond donors (Lipinski definition) is 3. The number of hydrogen-bond acceptors (Lipinski definition) is 4. The van der Waals surface area contributed by atoms with Crippen LogP contribution in [0, 0.1) is 0 Å². The molecule has 8 heteroatoms. The molecule has 3 N–H and O–H groups in total. The molecular weight excluding hydrogens is 406 g/mol. The molecule has 1 aliphatic rings. The summed E-state index contributed by atoms with van der Waals surface area (Å²) >= 11 is 6.53. The Kier molecular flexibility index (Phi) is 6.64. The summed E-state index contributed by atoms with van der Waals surface area (Å²) < 4.78 is 10.5. The van der Waals surface area contributed by atoms with Crippen LogP contribution in [0.2, 0.25) is 0 Å².